The number of rotatable bonds is 10. The Hall–Kier alpha value is -3.61. The second kappa shape index (κ2) is 10.8. The topological polar surface area (TPSA) is 86.2 Å². The highest BCUT2D eigenvalue weighted by molar-refractivity contribution is 6.03. The van der Waals surface area contributed by atoms with Gasteiger partial charge in [-0.05, 0) is 63.6 Å². The summed E-state index contributed by atoms with van der Waals surface area (Å²) in [5.41, 5.74) is 5.63. The van der Waals surface area contributed by atoms with Crippen LogP contribution in [0.15, 0.2) is 48.7 Å². The van der Waals surface area contributed by atoms with E-state index in [0.717, 1.165) is 46.3 Å². The Labute approximate surface area is 196 Å². The molecule has 33 heavy (non-hydrogen) atoms. The number of hydrogen-bond acceptors (Lipinski definition) is 7. The van der Waals surface area contributed by atoms with Crippen LogP contribution in [-0.2, 0) is 6.54 Å². The van der Waals surface area contributed by atoms with Crippen LogP contribution in [0.5, 0.6) is 5.75 Å². The van der Waals surface area contributed by atoms with Crippen molar-refractivity contribution in [2.45, 2.75) is 40.3 Å². The molecule has 0 aliphatic heterocycles. The number of benzene rings is 1. The number of aromatic nitrogens is 2. The summed E-state index contributed by atoms with van der Waals surface area (Å²) in [6.45, 7) is 9.49. The summed E-state index contributed by atoms with van der Waals surface area (Å²) in [5, 5.41) is 15.5. The number of nitrogens with one attached hydrogen (secondary N) is 3. The summed E-state index contributed by atoms with van der Waals surface area (Å²) < 4.78 is 5.27. The van der Waals surface area contributed by atoms with Gasteiger partial charge in [0.15, 0.2) is 0 Å². The maximum absolute atomic E-state index is 8.42. The summed E-state index contributed by atoms with van der Waals surface area (Å²) >= 11 is 0. The lowest BCUT2D eigenvalue weighted by molar-refractivity contribution is 0.414. The smallest absolute Gasteiger partial charge is 0.137 e. The maximum Gasteiger partial charge on any atom is 0.137 e. The normalized spacial score (nSPS) is 10.8. The van der Waals surface area contributed by atoms with Gasteiger partial charge in [-0.15, -0.1) is 0 Å². The third-order valence-electron chi connectivity index (χ3n) is 5.35. The number of ether oxygens (including phenoxy) is 1. The lowest BCUT2D eigenvalue weighted by Crippen LogP contribution is -2.19. The van der Waals surface area contributed by atoms with Gasteiger partial charge in [0.25, 0.3) is 0 Å². The molecule has 0 aliphatic rings. The second-order valence-corrected chi connectivity index (χ2v) is 8.29. The highest BCUT2D eigenvalue weighted by Crippen LogP contribution is 2.35. The monoisotopic (exact) mass is 446 g/mol. The van der Waals surface area contributed by atoms with Crippen molar-refractivity contribution in [1.82, 2.24) is 9.97 Å². The highest BCUT2D eigenvalue weighted by Gasteiger charge is 2.19. The van der Waals surface area contributed by atoms with Crippen LogP contribution in [-0.4, -0.2) is 42.4 Å². The fourth-order valence-electron chi connectivity index (χ4n) is 3.52. The van der Waals surface area contributed by atoms with Crippen LogP contribution in [0, 0.1) is 5.41 Å². The van der Waals surface area contributed by atoms with Crippen LogP contribution in [0.25, 0.3) is 11.3 Å². The van der Waals surface area contributed by atoms with Crippen molar-refractivity contribution in [2.24, 2.45) is 0 Å². The van der Waals surface area contributed by atoms with E-state index in [-0.39, 0.29) is 6.04 Å². The zero-order valence-electron chi connectivity index (χ0n) is 20.4. The zero-order valence-corrected chi connectivity index (χ0v) is 20.4. The molecule has 7 nitrogen and oxygen atoms in total. The highest BCUT2D eigenvalue weighted by atomic mass is 16.5. The van der Waals surface area contributed by atoms with Crippen molar-refractivity contribution < 1.29 is 4.74 Å². The molecule has 7 heteroatoms. The first-order valence-corrected chi connectivity index (χ1v) is 11.2. The molecule has 2 aromatic heterocycles. The number of hydrogen-bond donors (Lipinski definition) is 3. The molecule has 2 heterocycles. The molecule has 174 valence electrons. The van der Waals surface area contributed by atoms with Crippen LogP contribution >= 0.6 is 0 Å². The molecule has 0 fully saturated rings. The zero-order chi connectivity index (χ0) is 24.0. The van der Waals surface area contributed by atoms with E-state index in [0.29, 0.717) is 18.0 Å². The van der Waals surface area contributed by atoms with Crippen molar-refractivity contribution in [3.8, 4) is 17.0 Å². The largest absolute Gasteiger partial charge is 0.497 e. The van der Waals surface area contributed by atoms with Crippen molar-refractivity contribution in [3.63, 3.8) is 0 Å². The van der Waals surface area contributed by atoms with E-state index in [4.69, 9.17) is 15.1 Å². The van der Waals surface area contributed by atoms with E-state index in [2.05, 4.69) is 41.3 Å². The van der Waals surface area contributed by atoms with Crippen molar-refractivity contribution in [1.29, 1.82) is 5.41 Å². The molecule has 1 aromatic carbocycles. The lowest BCUT2D eigenvalue weighted by Gasteiger charge is -2.23. The van der Waals surface area contributed by atoms with E-state index in [1.54, 1.807) is 20.2 Å². The van der Waals surface area contributed by atoms with E-state index in [1.165, 1.54) is 0 Å². The molecule has 0 bridgehead atoms. The number of methoxy groups -OCH3 is 1. The molecular weight excluding hydrogens is 412 g/mol. The van der Waals surface area contributed by atoms with Gasteiger partial charge in [-0.2, -0.15) is 0 Å². The first-order chi connectivity index (χ1) is 15.8. The Bertz CT molecular complexity index is 1090. The molecule has 0 unspecified atom stereocenters. The van der Waals surface area contributed by atoms with E-state index in [9.17, 15) is 0 Å². The summed E-state index contributed by atoms with van der Waals surface area (Å²) in [6.07, 6.45) is 1.80. The van der Waals surface area contributed by atoms with Gasteiger partial charge in [0.05, 0.1) is 29.9 Å². The van der Waals surface area contributed by atoms with Gasteiger partial charge in [0.2, 0.25) is 0 Å². The Morgan fingerprint density at radius 2 is 1.91 bits per heavy atom. The fourth-order valence-corrected chi connectivity index (χ4v) is 3.52. The van der Waals surface area contributed by atoms with Crippen molar-refractivity contribution in [3.05, 3.63) is 59.9 Å². The predicted octanol–water partition coefficient (Wildman–Crippen LogP) is 5.43. The third-order valence-corrected chi connectivity index (χ3v) is 5.35. The molecule has 0 saturated carbocycles. The van der Waals surface area contributed by atoms with Crippen LogP contribution in [0.3, 0.4) is 0 Å². The van der Waals surface area contributed by atoms with Crippen molar-refractivity contribution in [2.75, 3.05) is 36.2 Å². The van der Waals surface area contributed by atoms with E-state index < -0.39 is 0 Å². The minimum Gasteiger partial charge on any atom is -0.497 e. The van der Waals surface area contributed by atoms with Crippen LogP contribution in [0.2, 0.25) is 0 Å². The van der Waals surface area contributed by atoms with Gasteiger partial charge in [0.1, 0.15) is 17.3 Å². The second-order valence-electron chi connectivity index (χ2n) is 8.29. The Morgan fingerprint density at radius 3 is 2.52 bits per heavy atom. The van der Waals surface area contributed by atoms with Gasteiger partial charge < -0.3 is 25.7 Å². The van der Waals surface area contributed by atoms with Crippen LogP contribution in [0.4, 0.5) is 17.2 Å². The average Bonchev–Trinajstić information content (AvgIpc) is 2.82. The Balaban J connectivity index is 2.09. The van der Waals surface area contributed by atoms with Gasteiger partial charge in [-0.3, -0.25) is 0 Å². The Kier molecular flexibility index (Phi) is 7.87. The molecule has 3 aromatic rings. The molecule has 3 rings (SSSR count). The summed E-state index contributed by atoms with van der Waals surface area (Å²) in [6, 6.07) is 14.2. The minimum absolute atomic E-state index is 0.192. The molecule has 0 spiro atoms. The van der Waals surface area contributed by atoms with Gasteiger partial charge in [-0.1, -0.05) is 12.1 Å². The first-order valence-electron chi connectivity index (χ1n) is 11.2. The quantitative estimate of drug-likeness (QED) is 0.360. The molecular formula is C26H34N6O. The number of anilines is 3. The summed E-state index contributed by atoms with van der Waals surface area (Å²) in [5.74, 6) is 1.70. The van der Waals surface area contributed by atoms with Gasteiger partial charge in [0, 0.05) is 37.9 Å². The lowest BCUT2D eigenvalue weighted by atomic mass is 10.1. The van der Waals surface area contributed by atoms with Gasteiger partial charge in [-0.25, -0.2) is 9.97 Å². The molecule has 0 amide bonds. The fraction of sp³-hybridized carbons (Fsp3) is 0.346. The molecule has 0 saturated heterocycles. The predicted molar refractivity (Wildman–Crippen MR) is 138 cm³/mol. The first kappa shape index (κ1) is 24.0. The molecule has 0 aliphatic carbocycles. The van der Waals surface area contributed by atoms with E-state index in [1.807, 2.05) is 49.5 Å². The molecule has 3 N–H and O–H groups in total. The SMILES string of the molecule is CCN(C)c1ncccc1-c1cc(NCc2ccc(OC)cc2)c(NC(C)C)c(C(C)=N)n1. The summed E-state index contributed by atoms with van der Waals surface area (Å²) in [4.78, 5) is 11.6. The maximum atomic E-state index is 8.42. The Morgan fingerprint density at radius 1 is 1.18 bits per heavy atom. The van der Waals surface area contributed by atoms with Crippen LogP contribution in [0.1, 0.15) is 39.0 Å². The standard InChI is InChI=1S/C26H34N6O/c1-7-32(5)26-21(9-8-14-28-26)22-15-23(25(30-17(2)3)24(31-22)18(4)27)29-16-19-10-12-20(33-6)13-11-19/h8-15,17,27,30H,7,16H2,1-6H3,(H,29,31). The molecule has 0 atom stereocenters. The number of pyridine rings is 2. The third kappa shape index (κ3) is 5.80. The average molecular weight is 447 g/mol. The van der Waals surface area contributed by atoms with Crippen molar-refractivity contribution >= 4 is 22.9 Å². The minimum atomic E-state index is 0.192. The number of nitrogens with zero attached hydrogens (tertiary/aromatic N) is 3. The van der Waals surface area contributed by atoms with Gasteiger partial charge >= 0.3 is 0 Å². The summed E-state index contributed by atoms with van der Waals surface area (Å²) in [7, 11) is 3.69. The molecule has 0 radical (unpaired) electrons. The van der Waals surface area contributed by atoms with E-state index >= 15 is 0 Å². The van der Waals surface area contributed by atoms with Crippen LogP contribution < -0.4 is 20.3 Å².